The van der Waals surface area contributed by atoms with Crippen molar-refractivity contribution in [2.24, 2.45) is 0 Å². The molecule has 1 aromatic rings. The zero-order chi connectivity index (χ0) is 10.0. The highest BCUT2D eigenvalue weighted by Crippen LogP contribution is 2.30. The summed E-state index contributed by atoms with van der Waals surface area (Å²) in [5.41, 5.74) is -0.234. The van der Waals surface area contributed by atoms with Gasteiger partial charge in [0.15, 0.2) is 4.21 Å². The Bertz CT molecular complexity index is 387. The molecule has 1 unspecified atom stereocenters. The van der Waals surface area contributed by atoms with Gasteiger partial charge < -0.3 is 0 Å². The molecule has 0 aliphatic heterocycles. The van der Waals surface area contributed by atoms with E-state index in [0.29, 0.717) is 0 Å². The lowest BCUT2D eigenvalue weighted by atomic mass is 10.4. The van der Waals surface area contributed by atoms with Gasteiger partial charge in [0.1, 0.15) is 10.9 Å². The van der Waals surface area contributed by atoms with Crippen LogP contribution in [0.2, 0.25) is 0 Å². The Kier molecular flexibility index (Phi) is 2.75. The van der Waals surface area contributed by atoms with Crippen LogP contribution >= 0.6 is 11.3 Å². The molecule has 68 valence electrons. The van der Waals surface area contributed by atoms with Gasteiger partial charge in [0.05, 0.1) is 15.7 Å². The number of nitro groups is 1. The highest BCUT2D eigenvalue weighted by molar-refractivity contribution is 7.86. The Morgan fingerprint density at radius 3 is 2.69 bits per heavy atom. The lowest BCUT2D eigenvalue weighted by molar-refractivity contribution is -0.387. The van der Waals surface area contributed by atoms with Gasteiger partial charge in [-0.15, -0.1) is 11.3 Å². The predicted octanol–water partition coefficient (Wildman–Crippen LogP) is 1.27. The third-order valence-corrected chi connectivity index (χ3v) is 3.76. The summed E-state index contributed by atoms with van der Waals surface area (Å²) < 4.78 is 11.1. The van der Waals surface area contributed by atoms with Crippen molar-refractivity contribution in [3.63, 3.8) is 0 Å². The van der Waals surface area contributed by atoms with E-state index in [0.717, 1.165) is 17.4 Å². The van der Waals surface area contributed by atoms with Gasteiger partial charge in [0.2, 0.25) is 0 Å². The molecule has 0 spiro atoms. The second kappa shape index (κ2) is 3.64. The molecule has 0 aliphatic carbocycles. The Labute approximate surface area is 80.2 Å². The first kappa shape index (κ1) is 9.83. The van der Waals surface area contributed by atoms with Crippen molar-refractivity contribution in [2.45, 2.75) is 4.21 Å². The summed E-state index contributed by atoms with van der Waals surface area (Å²) in [5, 5.41) is 18.9. The van der Waals surface area contributed by atoms with Crippen LogP contribution in [0.25, 0.3) is 0 Å². The average Bonchev–Trinajstić information content (AvgIpc) is 2.47. The van der Waals surface area contributed by atoms with Crippen LogP contribution in [0.5, 0.6) is 0 Å². The molecule has 1 atom stereocenters. The Balaban J connectivity index is 3.33. The third kappa shape index (κ3) is 1.91. The zero-order valence-corrected chi connectivity index (χ0v) is 8.15. The summed E-state index contributed by atoms with van der Waals surface area (Å²) in [6, 6.07) is 2.92. The minimum atomic E-state index is -1.42. The van der Waals surface area contributed by atoms with E-state index < -0.39 is 15.7 Å². The fourth-order valence-electron chi connectivity index (χ4n) is 0.753. The van der Waals surface area contributed by atoms with Gasteiger partial charge in [0.25, 0.3) is 5.69 Å². The van der Waals surface area contributed by atoms with Crippen LogP contribution in [0.15, 0.2) is 10.3 Å². The first-order valence-electron chi connectivity index (χ1n) is 3.08. The largest absolute Gasteiger partial charge is 0.297 e. The van der Waals surface area contributed by atoms with Crippen LogP contribution in [-0.4, -0.2) is 15.4 Å². The number of thiophene rings is 1. The number of hydrogen-bond donors (Lipinski definition) is 0. The average molecular weight is 216 g/mol. The van der Waals surface area contributed by atoms with Crippen LogP contribution in [0.4, 0.5) is 5.69 Å². The number of hydrogen-bond acceptors (Lipinski definition) is 5. The van der Waals surface area contributed by atoms with Gasteiger partial charge in [-0.1, -0.05) is 0 Å². The van der Waals surface area contributed by atoms with Crippen LogP contribution < -0.4 is 0 Å². The second-order valence-electron chi connectivity index (χ2n) is 2.11. The van der Waals surface area contributed by atoms with Crippen molar-refractivity contribution in [1.29, 1.82) is 5.26 Å². The van der Waals surface area contributed by atoms with E-state index in [1.54, 1.807) is 6.07 Å². The maximum Gasteiger partial charge on any atom is 0.297 e. The summed E-state index contributed by atoms with van der Waals surface area (Å²) >= 11 is 0.893. The molecule has 0 saturated heterocycles. The molecule has 0 aliphatic rings. The molecule has 0 saturated carbocycles. The summed E-state index contributed by atoms with van der Waals surface area (Å²) in [6.45, 7) is 0. The van der Waals surface area contributed by atoms with E-state index >= 15 is 0 Å². The zero-order valence-electron chi connectivity index (χ0n) is 6.51. The van der Waals surface area contributed by atoms with Crippen LogP contribution in [-0.2, 0) is 10.8 Å². The molecule has 1 aromatic heterocycles. The summed E-state index contributed by atoms with van der Waals surface area (Å²) in [5.74, 6) is 0. The molecule has 0 amide bonds. The number of nitrogens with zero attached hydrogens (tertiary/aromatic N) is 2. The molecule has 1 heterocycles. The molecule has 0 bridgehead atoms. The van der Waals surface area contributed by atoms with Gasteiger partial charge in [0, 0.05) is 12.3 Å². The van der Waals surface area contributed by atoms with E-state index in [2.05, 4.69) is 0 Å². The fourth-order valence-corrected chi connectivity index (χ4v) is 2.57. The van der Waals surface area contributed by atoms with E-state index in [1.807, 2.05) is 0 Å². The summed E-state index contributed by atoms with van der Waals surface area (Å²) in [7, 11) is -1.42. The van der Waals surface area contributed by atoms with Gasteiger partial charge in [-0.3, -0.25) is 14.3 Å². The fraction of sp³-hybridized carbons (Fsp3) is 0.167. The highest BCUT2D eigenvalue weighted by atomic mass is 32.2. The number of nitriles is 1. The van der Waals surface area contributed by atoms with E-state index in [1.165, 1.54) is 6.26 Å². The minimum absolute atomic E-state index is 0.140. The molecular weight excluding hydrogens is 212 g/mol. The first-order valence-corrected chi connectivity index (χ1v) is 5.45. The Morgan fingerprint density at radius 2 is 2.38 bits per heavy atom. The molecule has 1 rings (SSSR count). The van der Waals surface area contributed by atoms with E-state index in [-0.39, 0.29) is 14.8 Å². The van der Waals surface area contributed by atoms with E-state index in [9.17, 15) is 14.3 Å². The van der Waals surface area contributed by atoms with Crippen molar-refractivity contribution in [3.05, 3.63) is 21.1 Å². The lowest BCUT2D eigenvalue weighted by Crippen LogP contribution is -1.91. The number of rotatable bonds is 2. The lowest BCUT2D eigenvalue weighted by Gasteiger charge is -1.88. The molecule has 7 heteroatoms. The van der Waals surface area contributed by atoms with Gasteiger partial charge >= 0.3 is 0 Å². The smallest absolute Gasteiger partial charge is 0.258 e. The van der Waals surface area contributed by atoms with Gasteiger partial charge in [-0.05, 0) is 0 Å². The van der Waals surface area contributed by atoms with Gasteiger partial charge in [-0.2, -0.15) is 5.26 Å². The van der Waals surface area contributed by atoms with Crippen molar-refractivity contribution in [3.8, 4) is 6.07 Å². The quantitative estimate of drug-likeness (QED) is 0.550. The van der Waals surface area contributed by atoms with Crippen molar-refractivity contribution < 1.29 is 9.13 Å². The molecule has 13 heavy (non-hydrogen) atoms. The van der Waals surface area contributed by atoms with Crippen molar-refractivity contribution in [1.82, 2.24) is 0 Å². The molecule has 0 radical (unpaired) electrons. The molecule has 5 nitrogen and oxygen atoms in total. The van der Waals surface area contributed by atoms with E-state index in [4.69, 9.17) is 5.26 Å². The maximum absolute atomic E-state index is 11.0. The minimum Gasteiger partial charge on any atom is -0.258 e. The third-order valence-electron chi connectivity index (χ3n) is 1.25. The second-order valence-corrected chi connectivity index (χ2v) is 4.73. The standard InChI is InChI=1S/C6H4N2O3S2/c1-13(11)6-5(8(9)10)2-4(3-7)12-6/h2H,1H3. The van der Waals surface area contributed by atoms with Crippen LogP contribution in [0, 0.1) is 21.4 Å². The normalized spacial score (nSPS) is 12.0. The first-order chi connectivity index (χ1) is 6.06. The molecule has 0 aromatic carbocycles. The van der Waals surface area contributed by atoms with Crippen molar-refractivity contribution >= 4 is 27.8 Å². The topological polar surface area (TPSA) is 84.0 Å². The molecule has 0 N–H and O–H groups in total. The molecular formula is C6H4N2O3S2. The van der Waals surface area contributed by atoms with Crippen LogP contribution in [0.1, 0.15) is 4.88 Å². The van der Waals surface area contributed by atoms with Crippen LogP contribution in [0.3, 0.4) is 0 Å². The monoisotopic (exact) mass is 216 g/mol. The predicted molar refractivity (Wildman–Crippen MR) is 48.0 cm³/mol. The summed E-state index contributed by atoms with van der Waals surface area (Å²) in [6.07, 6.45) is 1.35. The highest BCUT2D eigenvalue weighted by Gasteiger charge is 2.21. The summed E-state index contributed by atoms with van der Waals surface area (Å²) in [4.78, 5) is 10.00. The van der Waals surface area contributed by atoms with Crippen molar-refractivity contribution in [2.75, 3.05) is 6.26 Å². The van der Waals surface area contributed by atoms with Gasteiger partial charge in [-0.25, -0.2) is 0 Å². The Morgan fingerprint density at radius 1 is 1.77 bits per heavy atom. The SMILES string of the molecule is CS(=O)c1sc(C#N)cc1[N+](=O)[O-]. The maximum atomic E-state index is 11.0. The Hall–Kier alpha value is -1.26. The molecule has 0 fully saturated rings.